The Morgan fingerprint density at radius 2 is 1.83 bits per heavy atom. The van der Waals surface area contributed by atoms with Crippen LogP contribution in [0.4, 0.5) is 24.8 Å². The molecule has 150 valence electrons. The number of nitrogens with zero attached hydrogens (tertiary/aromatic N) is 3. The van der Waals surface area contributed by atoms with Crippen molar-refractivity contribution in [3.8, 4) is 0 Å². The highest BCUT2D eigenvalue weighted by atomic mass is 35.5. The normalized spacial score (nSPS) is 11.2. The van der Waals surface area contributed by atoms with Gasteiger partial charge in [-0.3, -0.25) is 9.78 Å². The second-order valence-corrected chi connectivity index (χ2v) is 6.58. The fourth-order valence-corrected chi connectivity index (χ4v) is 2.65. The van der Waals surface area contributed by atoms with Crippen LogP contribution in [0, 0.1) is 0 Å². The van der Waals surface area contributed by atoms with Gasteiger partial charge >= 0.3 is 6.18 Å². The SMILES string of the molecule is O=C(NCc1ccncc1)c1cnc(Nc2cc(Cl)ccc2Cl)nc1C(F)(F)F. The number of amides is 1. The molecule has 29 heavy (non-hydrogen) atoms. The molecule has 0 saturated carbocycles. The third-order valence-corrected chi connectivity index (χ3v) is 4.24. The first-order valence-electron chi connectivity index (χ1n) is 8.07. The van der Waals surface area contributed by atoms with Crippen molar-refractivity contribution in [3.63, 3.8) is 0 Å². The van der Waals surface area contributed by atoms with Crippen LogP contribution < -0.4 is 10.6 Å². The van der Waals surface area contributed by atoms with E-state index < -0.39 is 23.3 Å². The Balaban J connectivity index is 1.86. The molecule has 0 saturated heterocycles. The molecule has 0 unspecified atom stereocenters. The van der Waals surface area contributed by atoms with Crippen molar-refractivity contribution < 1.29 is 18.0 Å². The molecule has 6 nitrogen and oxygen atoms in total. The molecule has 0 fully saturated rings. The Kier molecular flexibility index (Phi) is 6.19. The predicted octanol–water partition coefficient (Wildman–Crippen LogP) is 4.87. The molecule has 0 aliphatic carbocycles. The van der Waals surface area contributed by atoms with Gasteiger partial charge in [0.2, 0.25) is 5.95 Å². The highest BCUT2D eigenvalue weighted by molar-refractivity contribution is 6.35. The van der Waals surface area contributed by atoms with Crippen LogP contribution >= 0.6 is 23.2 Å². The van der Waals surface area contributed by atoms with E-state index in [1.807, 2.05) is 0 Å². The summed E-state index contributed by atoms with van der Waals surface area (Å²) in [4.78, 5) is 23.4. The zero-order chi connectivity index (χ0) is 21.0. The Bertz CT molecular complexity index is 1030. The van der Waals surface area contributed by atoms with Crippen molar-refractivity contribution in [1.82, 2.24) is 20.3 Å². The van der Waals surface area contributed by atoms with Gasteiger partial charge in [0.05, 0.1) is 16.3 Å². The molecule has 0 radical (unpaired) electrons. The largest absolute Gasteiger partial charge is 0.434 e. The van der Waals surface area contributed by atoms with Crippen LogP contribution in [-0.2, 0) is 12.7 Å². The number of carbonyl (C=O) groups is 1. The molecule has 3 rings (SSSR count). The van der Waals surface area contributed by atoms with Crippen LogP contribution in [0.15, 0.2) is 48.9 Å². The summed E-state index contributed by atoms with van der Waals surface area (Å²) in [7, 11) is 0. The molecular formula is C18H12Cl2F3N5O. The third kappa shape index (κ3) is 5.33. The van der Waals surface area contributed by atoms with Crippen molar-refractivity contribution in [2.75, 3.05) is 5.32 Å². The second-order valence-electron chi connectivity index (χ2n) is 5.74. The number of hydrogen-bond donors (Lipinski definition) is 2. The summed E-state index contributed by atoms with van der Waals surface area (Å²) >= 11 is 11.9. The van der Waals surface area contributed by atoms with Gasteiger partial charge in [0.25, 0.3) is 5.91 Å². The first kappa shape index (κ1) is 20.8. The Morgan fingerprint density at radius 3 is 2.52 bits per heavy atom. The van der Waals surface area contributed by atoms with E-state index >= 15 is 0 Å². The summed E-state index contributed by atoms with van der Waals surface area (Å²) in [6.07, 6.45) is -1.06. The Morgan fingerprint density at radius 1 is 1.10 bits per heavy atom. The van der Waals surface area contributed by atoms with Crippen LogP contribution in [0.25, 0.3) is 0 Å². The maximum absolute atomic E-state index is 13.5. The lowest BCUT2D eigenvalue weighted by Gasteiger charge is -2.14. The Hall–Kier alpha value is -2.91. The van der Waals surface area contributed by atoms with Gasteiger partial charge in [-0.1, -0.05) is 23.2 Å². The standard InChI is InChI=1S/C18H12Cl2F3N5O/c19-11-1-2-13(20)14(7-11)27-17-26-9-12(15(28-17)18(21,22)23)16(29)25-8-10-3-5-24-6-4-10/h1-7,9H,8H2,(H,25,29)(H,26,27,28). The lowest BCUT2D eigenvalue weighted by molar-refractivity contribution is -0.141. The molecule has 0 aliphatic heterocycles. The predicted molar refractivity (Wildman–Crippen MR) is 102 cm³/mol. The number of aromatic nitrogens is 3. The summed E-state index contributed by atoms with van der Waals surface area (Å²) in [6, 6.07) is 7.66. The maximum Gasteiger partial charge on any atom is 0.434 e. The minimum Gasteiger partial charge on any atom is -0.348 e. The van der Waals surface area contributed by atoms with E-state index in [1.165, 1.54) is 30.6 Å². The van der Waals surface area contributed by atoms with Crippen molar-refractivity contribution in [2.24, 2.45) is 0 Å². The van der Waals surface area contributed by atoms with Crippen molar-refractivity contribution in [3.05, 3.63) is 75.8 Å². The number of carbonyl (C=O) groups excluding carboxylic acids is 1. The molecule has 0 atom stereocenters. The van der Waals surface area contributed by atoms with E-state index in [0.29, 0.717) is 10.6 Å². The van der Waals surface area contributed by atoms with Gasteiger partial charge in [-0.25, -0.2) is 9.97 Å². The number of pyridine rings is 1. The van der Waals surface area contributed by atoms with Gasteiger partial charge in [-0.05, 0) is 35.9 Å². The lowest BCUT2D eigenvalue weighted by atomic mass is 10.2. The maximum atomic E-state index is 13.5. The molecule has 1 amide bonds. The van der Waals surface area contributed by atoms with E-state index in [-0.39, 0.29) is 23.2 Å². The van der Waals surface area contributed by atoms with Crippen molar-refractivity contribution in [2.45, 2.75) is 12.7 Å². The smallest absolute Gasteiger partial charge is 0.348 e. The molecule has 0 spiro atoms. The summed E-state index contributed by atoms with van der Waals surface area (Å²) < 4.78 is 40.4. The highest BCUT2D eigenvalue weighted by Crippen LogP contribution is 2.32. The molecular weight excluding hydrogens is 430 g/mol. The van der Waals surface area contributed by atoms with E-state index in [4.69, 9.17) is 23.2 Å². The average Bonchev–Trinajstić information content (AvgIpc) is 2.69. The number of benzene rings is 1. The van der Waals surface area contributed by atoms with Gasteiger partial charge in [0.1, 0.15) is 0 Å². The van der Waals surface area contributed by atoms with Crippen LogP contribution in [0.3, 0.4) is 0 Å². The van der Waals surface area contributed by atoms with Gasteiger partial charge in [-0.2, -0.15) is 13.2 Å². The number of halogens is 5. The van der Waals surface area contributed by atoms with Crippen molar-refractivity contribution >= 4 is 40.7 Å². The van der Waals surface area contributed by atoms with Gasteiger partial charge < -0.3 is 10.6 Å². The number of alkyl halides is 3. The summed E-state index contributed by atoms with van der Waals surface area (Å²) in [5, 5.41) is 5.51. The number of nitrogens with one attached hydrogen (secondary N) is 2. The molecule has 2 aromatic heterocycles. The van der Waals surface area contributed by atoms with Gasteiger partial charge in [-0.15, -0.1) is 0 Å². The topological polar surface area (TPSA) is 79.8 Å². The third-order valence-electron chi connectivity index (χ3n) is 3.68. The highest BCUT2D eigenvalue weighted by Gasteiger charge is 2.38. The summed E-state index contributed by atoms with van der Waals surface area (Å²) in [5.74, 6) is -1.34. The summed E-state index contributed by atoms with van der Waals surface area (Å²) in [5.41, 5.74) is -1.17. The summed E-state index contributed by atoms with van der Waals surface area (Å²) in [6.45, 7) is 0.0246. The number of hydrogen-bond acceptors (Lipinski definition) is 5. The zero-order valence-corrected chi connectivity index (χ0v) is 16.0. The minimum atomic E-state index is -4.87. The Labute approximate surface area is 173 Å². The fourth-order valence-electron chi connectivity index (χ4n) is 2.32. The van der Waals surface area contributed by atoms with Crippen molar-refractivity contribution in [1.29, 1.82) is 0 Å². The molecule has 1 aromatic carbocycles. The average molecular weight is 442 g/mol. The molecule has 0 aliphatic rings. The number of rotatable bonds is 5. The molecule has 0 bridgehead atoms. The molecule has 2 heterocycles. The molecule has 11 heteroatoms. The van der Waals surface area contributed by atoms with Crippen LogP contribution in [-0.4, -0.2) is 20.9 Å². The quantitative estimate of drug-likeness (QED) is 0.590. The van der Waals surface area contributed by atoms with E-state index in [9.17, 15) is 18.0 Å². The first-order valence-corrected chi connectivity index (χ1v) is 8.83. The monoisotopic (exact) mass is 441 g/mol. The minimum absolute atomic E-state index is 0.0246. The zero-order valence-electron chi connectivity index (χ0n) is 14.5. The van der Waals surface area contributed by atoms with E-state index in [0.717, 1.165) is 6.20 Å². The fraction of sp³-hybridized carbons (Fsp3) is 0.111. The van der Waals surface area contributed by atoms with Crippen LogP contribution in [0.2, 0.25) is 10.0 Å². The first-order chi connectivity index (χ1) is 13.7. The number of anilines is 2. The van der Waals surface area contributed by atoms with E-state index in [1.54, 1.807) is 12.1 Å². The van der Waals surface area contributed by atoms with Gasteiger partial charge in [0.15, 0.2) is 5.69 Å². The van der Waals surface area contributed by atoms with E-state index in [2.05, 4.69) is 25.6 Å². The van der Waals surface area contributed by atoms with Crippen LogP contribution in [0.5, 0.6) is 0 Å². The lowest BCUT2D eigenvalue weighted by Crippen LogP contribution is -2.27. The molecule has 3 aromatic rings. The second kappa shape index (κ2) is 8.62. The van der Waals surface area contributed by atoms with Gasteiger partial charge in [0, 0.05) is 30.2 Å². The molecule has 2 N–H and O–H groups in total. The van der Waals surface area contributed by atoms with Crippen LogP contribution in [0.1, 0.15) is 21.6 Å².